The van der Waals surface area contributed by atoms with Gasteiger partial charge in [-0.15, -0.1) is 0 Å². The number of amides is 2. The van der Waals surface area contributed by atoms with Crippen molar-refractivity contribution in [1.29, 1.82) is 0 Å². The molecule has 1 aromatic carbocycles. The highest BCUT2D eigenvalue weighted by Crippen LogP contribution is 2.11. The molecule has 0 spiro atoms. The van der Waals surface area contributed by atoms with Gasteiger partial charge in [0, 0.05) is 22.3 Å². The number of hydrogen-bond donors (Lipinski definition) is 1. The molecule has 0 aliphatic rings. The van der Waals surface area contributed by atoms with E-state index in [2.05, 4.69) is 34.8 Å². The number of halogens is 1. The van der Waals surface area contributed by atoms with Crippen LogP contribution in [0.5, 0.6) is 0 Å². The summed E-state index contributed by atoms with van der Waals surface area (Å²) < 4.78 is 1.09. The average Bonchev–Trinajstić information content (AvgIpc) is 2.45. The minimum Gasteiger partial charge on any atom is -0.334 e. The van der Waals surface area contributed by atoms with Gasteiger partial charge in [-0.1, -0.05) is 20.3 Å². The van der Waals surface area contributed by atoms with Gasteiger partial charge in [0.15, 0.2) is 0 Å². The Hall–Kier alpha value is -1.11. The molecule has 0 fully saturated rings. The number of rotatable bonds is 6. The van der Waals surface area contributed by atoms with Gasteiger partial charge >= 0.3 is 11.8 Å². The van der Waals surface area contributed by atoms with Crippen LogP contribution in [0.25, 0.3) is 0 Å². The lowest BCUT2D eigenvalue weighted by molar-refractivity contribution is -0.143. The molecular weight excluding hydrogens is 367 g/mol. The fourth-order valence-corrected chi connectivity index (χ4v) is 2.15. The Labute approximate surface area is 134 Å². The summed E-state index contributed by atoms with van der Waals surface area (Å²) in [6, 6.07) is 7.37. The molecule has 0 aliphatic heterocycles. The van der Waals surface area contributed by atoms with Gasteiger partial charge in [-0.2, -0.15) is 0 Å². The third kappa shape index (κ3) is 5.48. The molecule has 0 atom stereocenters. The molecule has 1 rings (SSSR count). The number of nitrogens with one attached hydrogen (secondary N) is 1. The molecule has 0 radical (unpaired) electrons. The number of carbonyl (C=O) groups is 2. The maximum atomic E-state index is 12.1. The molecule has 0 bridgehead atoms. The Morgan fingerprint density at radius 3 is 2.30 bits per heavy atom. The monoisotopic (exact) mass is 388 g/mol. The van der Waals surface area contributed by atoms with Gasteiger partial charge < -0.3 is 10.2 Å². The van der Waals surface area contributed by atoms with Gasteiger partial charge in [0.05, 0.1) is 0 Å². The summed E-state index contributed by atoms with van der Waals surface area (Å²) in [4.78, 5) is 25.7. The minimum atomic E-state index is -0.559. The Kier molecular flexibility index (Phi) is 7.58. The predicted octanol–water partition coefficient (Wildman–Crippen LogP) is 3.27. The van der Waals surface area contributed by atoms with E-state index >= 15 is 0 Å². The predicted molar refractivity (Wildman–Crippen MR) is 89.6 cm³/mol. The van der Waals surface area contributed by atoms with Crippen LogP contribution in [0.4, 0.5) is 5.69 Å². The van der Waals surface area contributed by atoms with Crippen molar-refractivity contribution in [3.8, 4) is 0 Å². The van der Waals surface area contributed by atoms with Gasteiger partial charge in [0.25, 0.3) is 0 Å². The van der Waals surface area contributed by atoms with Crippen LogP contribution >= 0.6 is 22.6 Å². The van der Waals surface area contributed by atoms with Crippen LogP contribution in [0.1, 0.15) is 33.1 Å². The third-order valence-corrected chi connectivity index (χ3v) is 3.58. The highest BCUT2D eigenvalue weighted by molar-refractivity contribution is 14.1. The summed E-state index contributed by atoms with van der Waals surface area (Å²) in [6.07, 6.45) is 2.78. The Bertz CT molecular complexity index is 446. The first-order valence-electron chi connectivity index (χ1n) is 6.94. The highest BCUT2D eigenvalue weighted by Gasteiger charge is 2.20. The fourth-order valence-electron chi connectivity index (χ4n) is 1.80. The lowest BCUT2D eigenvalue weighted by Gasteiger charge is -2.21. The molecular formula is C15H21IN2O2. The fraction of sp³-hybridized carbons (Fsp3) is 0.467. The van der Waals surface area contributed by atoms with Crippen LogP contribution in [0.3, 0.4) is 0 Å². The molecule has 1 aromatic rings. The zero-order chi connectivity index (χ0) is 15.0. The number of nitrogens with zero attached hydrogens (tertiary/aromatic N) is 1. The van der Waals surface area contributed by atoms with Gasteiger partial charge in [-0.3, -0.25) is 9.59 Å². The average molecular weight is 388 g/mol. The van der Waals surface area contributed by atoms with Crippen molar-refractivity contribution in [3.63, 3.8) is 0 Å². The standard InChI is InChI=1S/C15H21IN2O2/c1-3-5-11-18(10-4-2)15(20)14(19)17-13-8-6-12(16)7-9-13/h6-9H,3-5,10-11H2,1-2H3,(H,17,19). The van der Waals surface area contributed by atoms with Crippen molar-refractivity contribution in [2.45, 2.75) is 33.1 Å². The summed E-state index contributed by atoms with van der Waals surface area (Å²) in [7, 11) is 0. The molecule has 5 heteroatoms. The van der Waals surface area contributed by atoms with Crippen molar-refractivity contribution in [2.24, 2.45) is 0 Å². The Morgan fingerprint density at radius 1 is 1.10 bits per heavy atom. The number of anilines is 1. The van der Waals surface area contributed by atoms with Gasteiger partial charge in [0.1, 0.15) is 0 Å². The van der Waals surface area contributed by atoms with E-state index in [-0.39, 0.29) is 0 Å². The molecule has 0 aromatic heterocycles. The van der Waals surface area contributed by atoms with Crippen molar-refractivity contribution >= 4 is 40.1 Å². The van der Waals surface area contributed by atoms with Crippen LogP contribution in [0.15, 0.2) is 24.3 Å². The van der Waals surface area contributed by atoms with Gasteiger partial charge in [-0.05, 0) is 59.7 Å². The second-order valence-electron chi connectivity index (χ2n) is 4.61. The zero-order valence-corrected chi connectivity index (χ0v) is 14.1. The normalized spacial score (nSPS) is 10.2. The SMILES string of the molecule is CCCCN(CCC)C(=O)C(=O)Nc1ccc(I)cc1. The molecule has 0 saturated heterocycles. The largest absolute Gasteiger partial charge is 0.334 e. The van der Waals surface area contributed by atoms with E-state index in [1.165, 1.54) is 0 Å². The topological polar surface area (TPSA) is 49.4 Å². The summed E-state index contributed by atoms with van der Waals surface area (Å²) >= 11 is 2.19. The Balaban J connectivity index is 2.63. The molecule has 2 amide bonds. The Morgan fingerprint density at radius 2 is 1.75 bits per heavy atom. The first-order valence-corrected chi connectivity index (χ1v) is 8.02. The molecule has 0 saturated carbocycles. The van der Waals surface area contributed by atoms with E-state index in [9.17, 15) is 9.59 Å². The lowest BCUT2D eigenvalue weighted by atomic mass is 10.2. The van der Waals surface area contributed by atoms with Crippen molar-refractivity contribution in [1.82, 2.24) is 4.90 Å². The highest BCUT2D eigenvalue weighted by atomic mass is 127. The maximum absolute atomic E-state index is 12.1. The minimum absolute atomic E-state index is 0.446. The van der Waals surface area contributed by atoms with Gasteiger partial charge in [0.2, 0.25) is 0 Å². The molecule has 1 N–H and O–H groups in total. The van der Waals surface area contributed by atoms with Gasteiger partial charge in [-0.25, -0.2) is 0 Å². The first-order chi connectivity index (χ1) is 9.58. The molecule has 0 heterocycles. The number of carbonyl (C=O) groups excluding carboxylic acids is 2. The van der Waals surface area contributed by atoms with Crippen LogP contribution in [-0.2, 0) is 9.59 Å². The van der Waals surface area contributed by atoms with E-state index in [1.807, 2.05) is 19.1 Å². The van der Waals surface area contributed by atoms with E-state index in [4.69, 9.17) is 0 Å². The van der Waals surface area contributed by atoms with Crippen LogP contribution < -0.4 is 5.32 Å². The van der Waals surface area contributed by atoms with Crippen LogP contribution in [0.2, 0.25) is 0 Å². The molecule has 0 unspecified atom stereocenters. The summed E-state index contributed by atoms with van der Waals surface area (Å²) in [5.74, 6) is -1.00. The smallest absolute Gasteiger partial charge is 0.313 e. The van der Waals surface area contributed by atoms with Crippen LogP contribution in [-0.4, -0.2) is 29.8 Å². The molecule has 0 aliphatic carbocycles. The van der Waals surface area contributed by atoms with E-state index in [0.29, 0.717) is 18.8 Å². The number of hydrogen-bond acceptors (Lipinski definition) is 2. The second kappa shape index (κ2) is 8.94. The van der Waals surface area contributed by atoms with E-state index in [1.54, 1.807) is 17.0 Å². The van der Waals surface area contributed by atoms with Crippen molar-refractivity contribution in [2.75, 3.05) is 18.4 Å². The van der Waals surface area contributed by atoms with Crippen molar-refractivity contribution < 1.29 is 9.59 Å². The number of benzene rings is 1. The third-order valence-electron chi connectivity index (χ3n) is 2.86. The molecule has 4 nitrogen and oxygen atoms in total. The summed E-state index contributed by atoms with van der Waals surface area (Å²) in [6.45, 7) is 5.34. The van der Waals surface area contributed by atoms with E-state index < -0.39 is 11.8 Å². The van der Waals surface area contributed by atoms with Crippen LogP contribution in [0, 0.1) is 3.57 Å². The van der Waals surface area contributed by atoms with Crippen molar-refractivity contribution in [3.05, 3.63) is 27.8 Å². The summed E-state index contributed by atoms with van der Waals surface area (Å²) in [5.41, 5.74) is 0.649. The maximum Gasteiger partial charge on any atom is 0.313 e. The second-order valence-corrected chi connectivity index (χ2v) is 5.85. The summed E-state index contributed by atoms with van der Waals surface area (Å²) in [5, 5.41) is 2.65. The quantitative estimate of drug-likeness (QED) is 0.601. The number of unbranched alkanes of at least 4 members (excludes halogenated alkanes) is 1. The molecule has 20 heavy (non-hydrogen) atoms. The lowest BCUT2D eigenvalue weighted by Crippen LogP contribution is -2.40. The van der Waals surface area contributed by atoms with E-state index in [0.717, 1.165) is 22.8 Å². The first kappa shape index (κ1) is 16.9. The zero-order valence-electron chi connectivity index (χ0n) is 12.0. The molecule has 110 valence electrons.